The number of hydrogen-bond donors (Lipinski definition) is 1. The molecule has 2 aromatic carbocycles. The first-order chi connectivity index (χ1) is 9.78. The van der Waals surface area contributed by atoms with Crippen molar-refractivity contribution in [1.29, 1.82) is 0 Å². The molecule has 0 radical (unpaired) electrons. The quantitative estimate of drug-likeness (QED) is 0.810. The average Bonchev–Trinajstić information content (AvgIpc) is 2.48. The first-order valence-corrected chi connectivity index (χ1v) is 6.92. The first kappa shape index (κ1) is 14.4. The van der Waals surface area contributed by atoms with Crippen LogP contribution < -0.4 is 10.5 Å². The minimum Gasteiger partial charge on any atom is -0.489 e. The molecule has 0 aliphatic rings. The number of benzene rings is 2. The minimum absolute atomic E-state index is 0.0797. The molecule has 2 aromatic rings. The van der Waals surface area contributed by atoms with Crippen LogP contribution in [-0.2, 0) is 13.0 Å². The van der Waals surface area contributed by atoms with Crippen molar-refractivity contribution in [3.05, 3.63) is 77.9 Å². The molecule has 0 bridgehead atoms. The summed E-state index contributed by atoms with van der Waals surface area (Å²) in [6, 6.07) is 18.4. The van der Waals surface area contributed by atoms with Crippen LogP contribution in [0.3, 0.4) is 0 Å². The largest absolute Gasteiger partial charge is 0.489 e. The van der Waals surface area contributed by atoms with Crippen molar-refractivity contribution < 1.29 is 4.74 Å². The monoisotopic (exact) mass is 267 g/mol. The van der Waals surface area contributed by atoms with Gasteiger partial charge in [0.15, 0.2) is 0 Å². The molecule has 20 heavy (non-hydrogen) atoms. The molecule has 2 nitrogen and oxygen atoms in total. The van der Waals surface area contributed by atoms with Gasteiger partial charge in [-0.25, -0.2) is 0 Å². The second-order valence-electron chi connectivity index (χ2n) is 4.81. The lowest BCUT2D eigenvalue weighted by Gasteiger charge is -2.09. The third kappa shape index (κ3) is 4.56. The van der Waals surface area contributed by atoms with Gasteiger partial charge in [0.2, 0.25) is 0 Å². The van der Waals surface area contributed by atoms with Gasteiger partial charge >= 0.3 is 0 Å². The maximum absolute atomic E-state index is 5.97. The van der Waals surface area contributed by atoms with Crippen LogP contribution in [0.1, 0.15) is 18.1 Å². The van der Waals surface area contributed by atoms with Gasteiger partial charge in [-0.3, -0.25) is 0 Å². The molecule has 104 valence electrons. The van der Waals surface area contributed by atoms with Crippen molar-refractivity contribution in [1.82, 2.24) is 0 Å². The van der Waals surface area contributed by atoms with Crippen molar-refractivity contribution in [2.75, 3.05) is 0 Å². The van der Waals surface area contributed by atoms with Gasteiger partial charge in [-0.2, -0.15) is 0 Å². The fourth-order valence-corrected chi connectivity index (χ4v) is 2.05. The Morgan fingerprint density at radius 3 is 2.35 bits per heavy atom. The highest BCUT2D eigenvalue weighted by atomic mass is 16.5. The predicted octanol–water partition coefficient (Wildman–Crippen LogP) is 3.71. The average molecular weight is 267 g/mol. The molecular weight excluding hydrogens is 246 g/mol. The number of allylic oxidation sites excluding steroid dienone is 1. The molecule has 0 spiro atoms. The van der Waals surface area contributed by atoms with Crippen molar-refractivity contribution in [2.45, 2.75) is 26.0 Å². The van der Waals surface area contributed by atoms with Crippen LogP contribution in [0.15, 0.2) is 66.7 Å². The third-order valence-electron chi connectivity index (χ3n) is 3.08. The number of hydrogen-bond acceptors (Lipinski definition) is 2. The molecule has 2 heteroatoms. The van der Waals surface area contributed by atoms with Crippen molar-refractivity contribution >= 4 is 0 Å². The summed E-state index contributed by atoms with van der Waals surface area (Å²) in [5, 5.41) is 0. The second kappa shape index (κ2) is 7.51. The molecule has 0 saturated carbocycles. The van der Waals surface area contributed by atoms with Gasteiger partial charge in [0, 0.05) is 6.04 Å². The van der Waals surface area contributed by atoms with Gasteiger partial charge in [0.25, 0.3) is 0 Å². The Balaban J connectivity index is 1.88. The lowest BCUT2D eigenvalue weighted by atomic mass is 10.1. The number of nitrogens with two attached hydrogens (primary N) is 1. The second-order valence-corrected chi connectivity index (χ2v) is 4.81. The van der Waals surface area contributed by atoms with E-state index >= 15 is 0 Å². The summed E-state index contributed by atoms with van der Waals surface area (Å²) < 4.78 is 5.75. The summed E-state index contributed by atoms with van der Waals surface area (Å²) in [7, 11) is 0. The van der Waals surface area contributed by atoms with E-state index in [0.29, 0.717) is 6.61 Å². The van der Waals surface area contributed by atoms with E-state index in [1.807, 2.05) is 49.4 Å². The van der Waals surface area contributed by atoms with Crippen molar-refractivity contribution in [3.63, 3.8) is 0 Å². The lowest BCUT2D eigenvalue weighted by molar-refractivity contribution is 0.306. The van der Waals surface area contributed by atoms with Gasteiger partial charge in [0.1, 0.15) is 12.4 Å². The summed E-state index contributed by atoms with van der Waals surface area (Å²) in [5.41, 5.74) is 8.37. The fourth-order valence-electron chi connectivity index (χ4n) is 2.05. The molecule has 1 atom stereocenters. The molecule has 0 fully saturated rings. The van der Waals surface area contributed by atoms with Gasteiger partial charge in [0.05, 0.1) is 0 Å². The molecular formula is C18H21NO. The van der Waals surface area contributed by atoms with Gasteiger partial charge in [-0.05, 0) is 36.6 Å². The number of rotatable bonds is 6. The Bertz CT molecular complexity index is 531. The Kier molecular flexibility index (Phi) is 5.39. The molecule has 0 heterocycles. The lowest BCUT2D eigenvalue weighted by Crippen LogP contribution is -2.19. The fraction of sp³-hybridized carbons (Fsp3) is 0.222. The molecule has 0 aromatic heterocycles. The summed E-state index contributed by atoms with van der Waals surface area (Å²) >= 11 is 0. The predicted molar refractivity (Wildman–Crippen MR) is 83.7 cm³/mol. The van der Waals surface area contributed by atoms with Crippen LogP contribution in [0.5, 0.6) is 5.75 Å². The highest BCUT2D eigenvalue weighted by Gasteiger charge is 2.01. The molecule has 0 saturated heterocycles. The molecule has 0 aliphatic carbocycles. The topological polar surface area (TPSA) is 35.2 Å². The SMILES string of the molecule is C/C=C/[C@@H](N)Cc1ccc(OCc2ccccc2)cc1. The van der Waals surface area contributed by atoms with Gasteiger partial charge in [-0.1, -0.05) is 54.6 Å². The van der Waals surface area contributed by atoms with Crippen LogP contribution in [0.4, 0.5) is 0 Å². The standard InChI is InChI=1S/C18H21NO/c1-2-6-17(19)13-15-9-11-18(12-10-15)20-14-16-7-4-3-5-8-16/h2-12,17H,13-14,19H2,1H3/b6-2+/t17-/m1/s1. The van der Waals surface area contributed by atoms with Crippen molar-refractivity contribution in [3.8, 4) is 5.75 Å². The van der Waals surface area contributed by atoms with Gasteiger partial charge in [-0.15, -0.1) is 0 Å². The maximum Gasteiger partial charge on any atom is 0.119 e. The van der Waals surface area contributed by atoms with Crippen LogP contribution in [0.2, 0.25) is 0 Å². The zero-order valence-electron chi connectivity index (χ0n) is 11.8. The van der Waals surface area contributed by atoms with E-state index in [1.165, 1.54) is 11.1 Å². The van der Waals surface area contributed by atoms with E-state index in [4.69, 9.17) is 10.5 Å². The zero-order chi connectivity index (χ0) is 14.2. The third-order valence-corrected chi connectivity index (χ3v) is 3.08. The smallest absolute Gasteiger partial charge is 0.119 e. The summed E-state index contributed by atoms with van der Waals surface area (Å²) in [4.78, 5) is 0. The normalized spacial score (nSPS) is 12.5. The molecule has 0 amide bonds. The van der Waals surface area contributed by atoms with Crippen LogP contribution in [-0.4, -0.2) is 6.04 Å². The van der Waals surface area contributed by atoms with E-state index in [2.05, 4.69) is 24.3 Å². The molecule has 2 N–H and O–H groups in total. The summed E-state index contributed by atoms with van der Waals surface area (Å²) in [6.45, 7) is 2.58. The van der Waals surface area contributed by atoms with Crippen LogP contribution in [0, 0.1) is 0 Å². The Morgan fingerprint density at radius 2 is 1.70 bits per heavy atom. The Labute approximate surface area is 120 Å². The van der Waals surface area contributed by atoms with Crippen LogP contribution >= 0.6 is 0 Å². The Hall–Kier alpha value is -2.06. The van der Waals surface area contributed by atoms with Crippen LogP contribution in [0.25, 0.3) is 0 Å². The summed E-state index contributed by atoms with van der Waals surface area (Å²) in [5.74, 6) is 0.886. The van der Waals surface area contributed by atoms with E-state index < -0.39 is 0 Å². The highest BCUT2D eigenvalue weighted by Crippen LogP contribution is 2.15. The highest BCUT2D eigenvalue weighted by molar-refractivity contribution is 5.28. The van der Waals surface area contributed by atoms with Crippen molar-refractivity contribution in [2.24, 2.45) is 5.73 Å². The van der Waals surface area contributed by atoms with E-state index in [9.17, 15) is 0 Å². The van der Waals surface area contributed by atoms with Gasteiger partial charge < -0.3 is 10.5 Å². The maximum atomic E-state index is 5.97. The molecule has 0 aliphatic heterocycles. The Morgan fingerprint density at radius 1 is 1.00 bits per heavy atom. The molecule has 2 rings (SSSR count). The van der Waals surface area contributed by atoms with E-state index in [1.54, 1.807) is 0 Å². The van der Waals surface area contributed by atoms with E-state index in [0.717, 1.165) is 12.2 Å². The van der Waals surface area contributed by atoms with E-state index in [-0.39, 0.29) is 6.04 Å². The minimum atomic E-state index is 0.0797. The zero-order valence-corrected chi connectivity index (χ0v) is 11.8. The first-order valence-electron chi connectivity index (χ1n) is 6.92. The number of ether oxygens (including phenoxy) is 1. The molecule has 0 unspecified atom stereocenters. The summed E-state index contributed by atoms with van der Waals surface area (Å²) in [6.07, 6.45) is 4.85.